The van der Waals surface area contributed by atoms with Gasteiger partial charge in [0.05, 0.1) is 49.8 Å². The average Bonchev–Trinajstić information content (AvgIpc) is 3.61. The zero-order chi connectivity index (χ0) is 33.1. The summed E-state index contributed by atoms with van der Waals surface area (Å²) in [4.78, 5) is 14.5. The van der Waals surface area contributed by atoms with Crippen LogP contribution in [-0.4, -0.2) is 96.7 Å². The maximum atomic E-state index is 12.5. The molecule has 2 spiro atoms. The lowest BCUT2D eigenvalue weighted by Crippen LogP contribution is -2.60. The van der Waals surface area contributed by atoms with Crippen molar-refractivity contribution in [3.05, 3.63) is 0 Å². The molecule has 1 unspecified atom stereocenters. The fourth-order valence-electron chi connectivity index (χ4n) is 13.8. The first-order valence-corrected chi connectivity index (χ1v) is 18.7. The Morgan fingerprint density at radius 2 is 1.70 bits per heavy atom. The Labute approximate surface area is 277 Å². The topological polar surface area (TPSA) is 97.7 Å². The standard InChI is InChI=1S/C38H63NO7/c1-23-21-25(32(34(5,6)42)45-24(2)40)46-30-29(23)35(7)13-14-38-22-37(38)12-11-28(44-20-17-39-15-18-43-19-16-39)33(3,4)26(37)9-10-27(38)36(35,8)31(30)41/h23,25-32,41-42H,9-22H2,1-8H3/t23-,25-,26+,27+,28+,29+,30+,31+,32+,35-,36-,37?,38+/m1/s1. The van der Waals surface area contributed by atoms with E-state index in [0.29, 0.717) is 35.2 Å². The van der Waals surface area contributed by atoms with Crippen LogP contribution in [0.3, 0.4) is 0 Å². The summed E-state index contributed by atoms with van der Waals surface area (Å²) in [5.41, 5.74) is -0.736. The number of carbonyl (C=O) groups is 1. The molecule has 0 aromatic heterocycles. The number of aliphatic hydroxyl groups is 2. The van der Waals surface area contributed by atoms with Gasteiger partial charge in [0.1, 0.15) is 0 Å². The van der Waals surface area contributed by atoms with Crippen molar-refractivity contribution >= 4 is 5.97 Å². The molecule has 0 amide bonds. The summed E-state index contributed by atoms with van der Waals surface area (Å²) in [6, 6.07) is 0. The van der Waals surface area contributed by atoms with E-state index >= 15 is 0 Å². The molecule has 262 valence electrons. The van der Waals surface area contributed by atoms with Crippen molar-refractivity contribution in [3.8, 4) is 0 Å². The molecule has 2 aliphatic heterocycles. The van der Waals surface area contributed by atoms with Crippen LogP contribution >= 0.6 is 0 Å². The highest BCUT2D eigenvalue weighted by molar-refractivity contribution is 5.66. The number of esters is 1. The van der Waals surface area contributed by atoms with E-state index in [1.54, 1.807) is 13.8 Å². The summed E-state index contributed by atoms with van der Waals surface area (Å²) in [6.07, 6.45) is 7.34. The van der Waals surface area contributed by atoms with Gasteiger partial charge < -0.3 is 29.2 Å². The molecule has 0 bridgehead atoms. The second kappa shape index (κ2) is 11.1. The monoisotopic (exact) mass is 645 g/mol. The predicted molar refractivity (Wildman–Crippen MR) is 175 cm³/mol. The van der Waals surface area contributed by atoms with E-state index in [2.05, 4.69) is 39.5 Å². The van der Waals surface area contributed by atoms with Gasteiger partial charge in [-0.1, -0.05) is 34.6 Å². The molecule has 13 atom stereocenters. The third-order valence-corrected chi connectivity index (χ3v) is 15.9. The maximum Gasteiger partial charge on any atom is 0.303 e. The molecule has 7 fully saturated rings. The first-order valence-electron chi connectivity index (χ1n) is 18.7. The molecule has 7 aliphatic rings. The highest BCUT2D eigenvalue weighted by Crippen LogP contribution is 2.89. The SMILES string of the molecule is CC(=O)O[C@@H]([C@H]1C[C@@H](C)[C@H]2[C@H](O1)[C@H](O)[C@@]1(C)[C@@H]3CC[C@H]4C(C)(C)[C@@H](OCCN5CCOCC5)CCC45C[C@@]35CC[C@]21C)C(C)(C)O. The van der Waals surface area contributed by atoms with Crippen molar-refractivity contribution in [2.24, 2.45) is 50.7 Å². The molecule has 2 saturated heterocycles. The second-order valence-corrected chi connectivity index (χ2v) is 18.6. The van der Waals surface area contributed by atoms with Crippen molar-refractivity contribution in [3.63, 3.8) is 0 Å². The lowest BCUT2D eigenvalue weighted by Gasteiger charge is -2.63. The number of carbonyl (C=O) groups excluding carboxylic acids is 1. The minimum Gasteiger partial charge on any atom is -0.457 e. The van der Waals surface area contributed by atoms with Crippen molar-refractivity contribution < 1.29 is 34.0 Å². The van der Waals surface area contributed by atoms with Gasteiger partial charge in [-0.15, -0.1) is 0 Å². The van der Waals surface area contributed by atoms with E-state index in [1.165, 1.54) is 32.6 Å². The molecule has 0 aromatic rings. The van der Waals surface area contributed by atoms with Crippen LogP contribution in [0.15, 0.2) is 0 Å². The molecule has 0 radical (unpaired) electrons. The third kappa shape index (κ3) is 4.62. The number of hydrogen-bond acceptors (Lipinski definition) is 8. The number of ether oxygens (including phenoxy) is 4. The van der Waals surface area contributed by atoms with E-state index in [-0.39, 0.29) is 34.2 Å². The Balaban J connectivity index is 1.11. The van der Waals surface area contributed by atoms with Crippen molar-refractivity contribution in [1.29, 1.82) is 0 Å². The number of fused-ring (bicyclic) bond motifs is 4. The minimum absolute atomic E-state index is 0.0327. The average molecular weight is 646 g/mol. The van der Waals surface area contributed by atoms with Crippen LogP contribution in [0.25, 0.3) is 0 Å². The maximum absolute atomic E-state index is 12.5. The number of rotatable bonds is 7. The first-order chi connectivity index (χ1) is 21.5. The van der Waals surface area contributed by atoms with Gasteiger partial charge in [0.25, 0.3) is 0 Å². The Morgan fingerprint density at radius 3 is 2.37 bits per heavy atom. The molecule has 5 aliphatic carbocycles. The second-order valence-electron chi connectivity index (χ2n) is 18.6. The summed E-state index contributed by atoms with van der Waals surface area (Å²) < 4.78 is 24.8. The predicted octanol–water partition coefficient (Wildman–Crippen LogP) is 5.22. The molecule has 46 heavy (non-hydrogen) atoms. The van der Waals surface area contributed by atoms with Gasteiger partial charge in [0, 0.05) is 32.0 Å². The zero-order valence-corrected chi connectivity index (χ0v) is 30.0. The fraction of sp³-hybridized carbons (Fsp3) is 0.974. The zero-order valence-electron chi connectivity index (χ0n) is 30.0. The summed E-state index contributed by atoms with van der Waals surface area (Å²) in [6.45, 7) is 22.4. The van der Waals surface area contributed by atoms with Gasteiger partial charge in [0.15, 0.2) is 6.10 Å². The molecule has 2 N–H and O–H groups in total. The van der Waals surface area contributed by atoms with Crippen LogP contribution < -0.4 is 0 Å². The summed E-state index contributed by atoms with van der Waals surface area (Å²) in [7, 11) is 0. The Bertz CT molecular complexity index is 1180. The van der Waals surface area contributed by atoms with Crippen LogP contribution in [0.2, 0.25) is 0 Å². The van der Waals surface area contributed by atoms with Gasteiger partial charge in [-0.2, -0.15) is 0 Å². The van der Waals surface area contributed by atoms with Crippen molar-refractivity contribution in [2.75, 3.05) is 39.5 Å². The summed E-state index contributed by atoms with van der Waals surface area (Å²) in [5.74, 6) is 1.23. The molecule has 0 aromatic carbocycles. The van der Waals surface area contributed by atoms with Crippen molar-refractivity contribution in [2.45, 2.75) is 143 Å². The van der Waals surface area contributed by atoms with E-state index in [4.69, 9.17) is 18.9 Å². The lowest BCUT2D eigenvalue weighted by molar-refractivity contribution is -0.216. The molecule has 5 saturated carbocycles. The van der Waals surface area contributed by atoms with Crippen LogP contribution in [0, 0.1) is 50.7 Å². The molecular formula is C38H63NO7. The van der Waals surface area contributed by atoms with Gasteiger partial charge in [-0.25, -0.2) is 0 Å². The third-order valence-electron chi connectivity index (χ3n) is 15.9. The number of morpholine rings is 1. The van der Waals surface area contributed by atoms with Gasteiger partial charge in [-0.05, 0) is 111 Å². The van der Waals surface area contributed by atoms with E-state index < -0.39 is 29.9 Å². The van der Waals surface area contributed by atoms with Crippen LogP contribution in [0.4, 0.5) is 0 Å². The highest BCUT2D eigenvalue weighted by atomic mass is 16.6. The highest BCUT2D eigenvalue weighted by Gasteiger charge is 2.84. The van der Waals surface area contributed by atoms with Crippen LogP contribution in [-0.2, 0) is 23.7 Å². The number of hydrogen-bond donors (Lipinski definition) is 2. The first kappa shape index (κ1) is 33.7. The van der Waals surface area contributed by atoms with Crippen LogP contribution in [0.1, 0.15) is 107 Å². The van der Waals surface area contributed by atoms with Gasteiger partial charge in [0.2, 0.25) is 0 Å². The quantitative estimate of drug-likeness (QED) is 0.364. The van der Waals surface area contributed by atoms with Gasteiger partial charge in [-0.3, -0.25) is 9.69 Å². The summed E-state index contributed by atoms with van der Waals surface area (Å²) in [5, 5.41) is 23.5. The Kier molecular flexibility index (Phi) is 8.15. The lowest BCUT2D eigenvalue weighted by atomic mass is 9.41. The fourth-order valence-corrected chi connectivity index (χ4v) is 13.8. The van der Waals surface area contributed by atoms with E-state index in [9.17, 15) is 15.0 Å². The van der Waals surface area contributed by atoms with Crippen LogP contribution in [0.5, 0.6) is 0 Å². The normalized spacial score (nSPS) is 50.3. The molecule has 8 heteroatoms. The molecule has 8 nitrogen and oxygen atoms in total. The smallest absolute Gasteiger partial charge is 0.303 e. The number of nitrogens with zero attached hydrogens (tertiary/aromatic N) is 1. The molecule has 7 rings (SSSR count). The number of aliphatic hydroxyl groups excluding tert-OH is 1. The largest absolute Gasteiger partial charge is 0.457 e. The van der Waals surface area contributed by atoms with Gasteiger partial charge >= 0.3 is 5.97 Å². The Hall–Kier alpha value is -0.770. The summed E-state index contributed by atoms with van der Waals surface area (Å²) >= 11 is 0. The Morgan fingerprint density at radius 1 is 1.02 bits per heavy atom. The molecular weight excluding hydrogens is 582 g/mol. The minimum atomic E-state index is -1.24. The molecule has 2 heterocycles. The van der Waals surface area contributed by atoms with Crippen molar-refractivity contribution in [1.82, 2.24) is 4.90 Å². The van der Waals surface area contributed by atoms with E-state index in [1.807, 2.05) is 0 Å². The van der Waals surface area contributed by atoms with E-state index in [0.717, 1.165) is 58.7 Å².